The second-order valence-corrected chi connectivity index (χ2v) is 15.8. The number of nitrogens with zero attached hydrogens (tertiary/aromatic N) is 6. The van der Waals surface area contributed by atoms with Gasteiger partial charge < -0.3 is 18.9 Å². The Morgan fingerprint density at radius 2 is 1.08 bits per heavy atom. The Morgan fingerprint density at radius 3 is 1.53 bits per heavy atom. The number of hydrazine groups is 1. The maximum Gasteiger partial charge on any atom is 0.161 e. The van der Waals surface area contributed by atoms with E-state index in [0.717, 1.165) is 117 Å². The number of benzene rings is 4. The van der Waals surface area contributed by atoms with Gasteiger partial charge in [0.05, 0.1) is 32.9 Å². The molecule has 4 aromatic carbocycles. The van der Waals surface area contributed by atoms with Crippen molar-refractivity contribution in [3.63, 3.8) is 0 Å². The Balaban J connectivity index is 1.10. The van der Waals surface area contributed by atoms with Crippen LogP contribution in [0.3, 0.4) is 0 Å². The number of likely N-dealkylation sites (tertiary alicyclic amines) is 2. The maximum absolute atomic E-state index is 6.07. The predicted octanol–water partition coefficient (Wildman–Crippen LogP) is 9.71. The number of hydrogen-bond acceptors (Lipinski definition) is 10. The van der Waals surface area contributed by atoms with Crippen molar-refractivity contribution in [2.24, 2.45) is 0 Å². The van der Waals surface area contributed by atoms with Crippen LogP contribution in [0.2, 0.25) is 0 Å². The summed E-state index contributed by atoms with van der Waals surface area (Å²) in [5, 5.41) is 9.78. The first-order valence-corrected chi connectivity index (χ1v) is 21.5. The Kier molecular flexibility index (Phi) is 13.3. The monoisotopic (exact) mass is 806 g/mol. The SMILES string of the molecule is C=CCOc1cc(CN2CCC(N(c3nccc4ccccc34)N(c3nccc4ccccc34)C3CCN(Cc4ccc(OC)c(OCCC)c4)CC3)CC2)ccc1OC. The molecule has 0 bridgehead atoms. The summed E-state index contributed by atoms with van der Waals surface area (Å²) in [4.78, 5) is 15.6. The molecule has 0 atom stereocenters. The summed E-state index contributed by atoms with van der Waals surface area (Å²) >= 11 is 0. The lowest BCUT2D eigenvalue weighted by Gasteiger charge is -2.50. The van der Waals surface area contributed by atoms with E-state index in [9.17, 15) is 0 Å². The number of piperidine rings is 2. The molecular weight excluding hydrogens is 749 g/mol. The first-order valence-electron chi connectivity index (χ1n) is 21.5. The van der Waals surface area contributed by atoms with Crippen molar-refractivity contribution in [1.29, 1.82) is 0 Å². The predicted molar refractivity (Wildman–Crippen MR) is 243 cm³/mol. The number of aromatic nitrogens is 2. The molecule has 2 saturated heterocycles. The highest BCUT2D eigenvalue weighted by Gasteiger charge is 2.37. The molecule has 0 N–H and O–H groups in total. The Labute approximate surface area is 354 Å². The van der Waals surface area contributed by atoms with Gasteiger partial charge in [-0.3, -0.25) is 19.8 Å². The molecule has 0 unspecified atom stereocenters. The van der Waals surface area contributed by atoms with Crippen LogP contribution >= 0.6 is 0 Å². The van der Waals surface area contributed by atoms with Crippen LogP contribution in [0.5, 0.6) is 23.0 Å². The minimum absolute atomic E-state index is 0.196. The fourth-order valence-electron chi connectivity index (χ4n) is 8.86. The molecule has 0 radical (unpaired) electrons. The number of hydrogen-bond donors (Lipinski definition) is 0. The number of anilines is 2. The zero-order valence-electron chi connectivity index (χ0n) is 35.3. The average Bonchev–Trinajstić information content (AvgIpc) is 3.30. The normalized spacial score (nSPS) is 15.5. The minimum atomic E-state index is 0.196. The highest BCUT2D eigenvalue weighted by atomic mass is 16.5. The molecule has 60 heavy (non-hydrogen) atoms. The molecule has 0 aliphatic carbocycles. The first-order chi connectivity index (χ1) is 29.6. The van der Waals surface area contributed by atoms with E-state index < -0.39 is 0 Å². The molecular formula is C50H58N6O4. The average molecular weight is 807 g/mol. The molecule has 2 fully saturated rings. The lowest BCUT2D eigenvalue weighted by Crippen LogP contribution is -2.59. The van der Waals surface area contributed by atoms with Crippen molar-refractivity contribution in [3.8, 4) is 23.0 Å². The highest BCUT2D eigenvalue weighted by molar-refractivity contribution is 5.96. The molecule has 312 valence electrons. The van der Waals surface area contributed by atoms with Gasteiger partial charge in [-0.15, -0.1) is 0 Å². The minimum Gasteiger partial charge on any atom is -0.493 e. The topological polar surface area (TPSA) is 75.7 Å². The van der Waals surface area contributed by atoms with Crippen LogP contribution in [-0.2, 0) is 13.1 Å². The van der Waals surface area contributed by atoms with Crippen molar-refractivity contribution in [2.75, 3.05) is 63.6 Å². The van der Waals surface area contributed by atoms with E-state index in [0.29, 0.717) is 13.2 Å². The summed E-state index contributed by atoms with van der Waals surface area (Å²) in [5.41, 5.74) is 2.44. The smallest absolute Gasteiger partial charge is 0.161 e. The number of rotatable bonds is 17. The standard InChI is InChI=1S/C50H58N6O4/c1-5-31-59-47-33-37(15-17-45(47)57-3)35-53-27-21-41(22-28-53)55(49-43-13-9-7-11-39(43)19-25-51-49)56(50-44-14-10-8-12-40(44)20-26-52-50)42-23-29-54(30-24-42)36-38-16-18-46(58-4)48(34-38)60-32-6-2/h5,7-20,25-26,33-34,41-42H,1,6,21-24,27-32,35-36H2,2-4H3. The number of fused-ring (bicyclic) bond motifs is 2. The van der Waals surface area contributed by atoms with Crippen LogP contribution in [0.25, 0.3) is 21.5 Å². The molecule has 2 aliphatic rings. The molecule has 6 aromatic rings. The van der Waals surface area contributed by atoms with Gasteiger partial charge in [-0.25, -0.2) is 9.97 Å². The lowest BCUT2D eigenvalue weighted by molar-refractivity contribution is 0.183. The second kappa shape index (κ2) is 19.5. The van der Waals surface area contributed by atoms with Gasteiger partial charge in [-0.05, 0) is 90.4 Å². The van der Waals surface area contributed by atoms with Gasteiger partial charge in [0, 0.05) is 62.4 Å². The number of pyridine rings is 2. The molecule has 10 nitrogen and oxygen atoms in total. The van der Waals surface area contributed by atoms with Gasteiger partial charge in [0.15, 0.2) is 34.6 Å². The quantitative estimate of drug-likeness (QED) is 0.0657. The summed E-state index contributed by atoms with van der Waals surface area (Å²) in [6, 6.07) is 34.6. The van der Waals surface area contributed by atoms with E-state index in [2.05, 4.69) is 118 Å². The van der Waals surface area contributed by atoms with Crippen LogP contribution in [0, 0.1) is 0 Å². The van der Waals surface area contributed by atoms with E-state index in [-0.39, 0.29) is 12.1 Å². The Morgan fingerprint density at radius 1 is 0.617 bits per heavy atom. The molecule has 0 spiro atoms. The first kappa shape index (κ1) is 40.9. The molecule has 0 saturated carbocycles. The maximum atomic E-state index is 6.07. The Hall–Kier alpha value is -5.84. The van der Waals surface area contributed by atoms with Crippen LogP contribution < -0.4 is 29.0 Å². The summed E-state index contributed by atoms with van der Waals surface area (Å²) in [6.45, 7) is 12.5. The summed E-state index contributed by atoms with van der Waals surface area (Å²) in [5.74, 6) is 5.05. The lowest BCUT2D eigenvalue weighted by atomic mass is 9.99. The van der Waals surface area contributed by atoms with Gasteiger partial charge in [0.25, 0.3) is 0 Å². The fourth-order valence-corrected chi connectivity index (χ4v) is 8.86. The van der Waals surface area contributed by atoms with E-state index in [1.165, 1.54) is 21.9 Å². The summed E-state index contributed by atoms with van der Waals surface area (Å²) < 4.78 is 23.2. The highest BCUT2D eigenvalue weighted by Crippen LogP contribution is 2.39. The molecule has 4 heterocycles. The van der Waals surface area contributed by atoms with E-state index in [4.69, 9.17) is 28.9 Å². The third-order valence-corrected chi connectivity index (χ3v) is 11.9. The van der Waals surface area contributed by atoms with Gasteiger partial charge in [-0.1, -0.05) is 80.2 Å². The van der Waals surface area contributed by atoms with Crippen LogP contribution in [0.15, 0.2) is 122 Å². The van der Waals surface area contributed by atoms with E-state index in [1.807, 2.05) is 24.5 Å². The van der Waals surface area contributed by atoms with Gasteiger partial charge >= 0.3 is 0 Å². The molecule has 10 heteroatoms. The van der Waals surface area contributed by atoms with Gasteiger partial charge in [0.1, 0.15) is 6.61 Å². The van der Waals surface area contributed by atoms with Crippen molar-refractivity contribution in [3.05, 3.63) is 133 Å². The fraction of sp³-hybridized carbons (Fsp3) is 0.360. The third-order valence-electron chi connectivity index (χ3n) is 11.9. The number of methoxy groups -OCH3 is 2. The van der Waals surface area contributed by atoms with Crippen LogP contribution in [0.4, 0.5) is 11.6 Å². The molecule has 8 rings (SSSR count). The molecule has 2 aliphatic heterocycles. The zero-order valence-corrected chi connectivity index (χ0v) is 35.3. The second-order valence-electron chi connectivity index (χ2n) is 15.8. The molecule has 2 aromatic heterocycles. The van der Waals surface area contributed by atoms with Crippen molar-refractivity contribution in [2.45, 2.75) is 64.2 Å². The third kappa shape index (κ3) is 9.15. The summed E-state index contributed by atoms with van der Waals surface area (Å²) in [7, 11) is 3.38. The Bertz CT molecular complexity index is 2350. The van der Waals surface area contributed by atoms with Crippen molar-refractivity contribution >= 4 is 33.2 Å². The van der Waals surface area contributed by atoms with Gasteiger partial charge in [-0.2, -0.15) is 0 Å². The van der Waals surface area contributed by atoms with Crippen LogP contribution in [0.1, 0.15) is 50.2 Å². The summed E-state index contributed by atoms with van der Waals surface area (Å²) in [6.07, 6.45) is 10.6. The molecule has 0 amide bonds. The van der Waals surface area contributed by atoms with E-state index in [1.54, 1.807) is 20.3 Å². The van der Waals surface area contributed by atoms with Crippen molar-refractivity contribution < 1.29 is 18.9 Å². The van der Waals surface area contributed by atoms with E-state index >= 15 is 0 Å². The van der Waals surface area contributed by atoms with Crippen molar-refractivity contribution in [1.82, 2.24) is 19.8 Å². The largest absolute Gasteiger partial charge is 0.493 e. The zero-order chi connectivity index (χ0) is 41.3. The number of ether oxygens (including phenoxy) is 4. The van der Waals surface area contributed by atoms with Gasteiger partial charge in [0.2, 0.25) is 0 Å². The van der Waals surface area contributed by atoms with Crippen LogP contribution in [-0.4, -0.2) is 85.5 Å².